The SMILES string of the molecule is COC(=O)[C@H]1CN(C(=O)OC(C)(C)C)CC[C@@H]1N[C@@H](C)c1ccccc1. The number of hydrogen-bond acceptors (Lipinski definition) is 5. The summed E-state index contributed by atoms with van der Waals surface area (Å²) in [6, 6.07) is 10.1. The standard InChI is InChI=1S/C20H30N2O4/c1-14(15-9-7-6-8-10-15)21-17-11-12-22(13-16(17)18(23)25-5)19(24)26-20(2,3)4/h6-10,14,16-17,21H,11-13H2,1-5H3/t14-,16-,17-/m0/s1. The molecule has 0 saturated carbocycles. The fourth-order valence-electron chi connectivity index (χ4n) is 3.19. The van der Waals surface area contributed by atoms with Gasteiger partial charge in [-0.1, -0.05) is 30.3 Å². The number of nitrogens with one attached hydrogen (secondary N) is 1. The highest BCUT2D eigenvalue weighted by Crippen LogP contribution is 2.24. The molecule has 1 N–H and O–H groups in total. The molecule has 2 rings (SSSR count). The summed E-state index contributed by atoms with van der Waals surface area (Å²) in [5, 5.41) is 3.53. The Kier molecular flexibility index (Phi) is 6.64. The van der Waals surface area contributed by atoms with E-state index >= 15 is 0 Å². The summed E-state index contributed by atoms with van der Waals surface area (Å²) in [6.07, 6.45) is 0.275. The number of piperidine rings is 1. The Morgan fingerprint density at radius 2 is 1.88 bits per heavy atom. The summed E-state index contributed by atoms with van der Waals surface area (Å²) in [7, 11) is 1.38. The predicted octanol–water partition coefficient (Wildman–Crippen LogP) is 3.14. The van der Waals surface area contributed by atoms with E-state index in [1.165, 1.54) is 7.11 Å². The molecule has 1 saturated heterocycles. The van der Waals surface area contributed by atoms with Crippen LogP contribution in [0, 0.1) is 5.92 Å². The molecule has 1 amide bonds. The minimum atomic E-state index is -0.561. The molecule has 6 nitrogen and oxygen atoms in total. The number of likely N-dealkylation sites (tertiary alicyclic amines) is 1. The molecule has 1 heterocycles. The van der Waals surface area contributed by atoms with Crippen LogP contribution in [0.25, 0.3) is 0 Å². The van der Waals surface area contributed by atoms with Gasteiger partial charge in [-0.15, -0.1) is 0 Å². The van der Waals surface area contributed by atoms with Crippen molar-refractivity contribution in [3.05, 3.63) is 35.9 Å². The van der Waals surface area contributed by atoms with Crippen LogP contribution in [0.4, 0.5) is 4.79 Å². The zero-order valence-corrected chi connectivity index (χ0v) is 16.3. The van der Waals surface area contributed by atoms with Crippen molar-refractivity contribution in [2.75, 3.05) is 20.2 Å². The first kappa shape index (κ1) is 20.2. The van der Waals surface area contributed by atoms with Gasteiger partial charge in [0.1, 0.15) is 5.60 Å². The van der Waals surface area contributed by atoms with Gasteiger partial charge < -0.3 is 19.7 Å². The fraction of sp³-hybridized carbons (Fsp3) is 0.600. The van der Waals surface area contributed by atoms with Crippen molar-refractivity contribution in [3.63, 3.8) is 0 Å². The highest BCUT2D eigenvalue weighted by molar-refractivity contribution is 5.75. The van der Waals surface area contributed by atoms with Crippen LogP contribution in [0.15, 0.2) is 30.3 Å². The molecule has 144 valence electrons. The van der Waals surface area contributed by atoms with Crippen LogP contribution in [0.2, 0.25) is 0 Å². The van der Waals surface area contributed by atoms with Crippen molar-refractivity contribution in [3.8, 4) is 0 Å². The Labute approximate surface area is 155 Å². The van der Waals surface area contributed by atoms with Crippen molar-refractivity contribution in [1.82, 2.24) is 10.2 Å². The van der Waals surface area contributed by atoms with Crippen LogP contribution >= 0.6 is 0 Å². The van der Waals surface area contributed by atoms with Crippen molar-refractivity contribution < 1.29 is 19.1 Å². The maximum Gasteiger partial charge on any atom is 0.410 e. The van der Waals surface area contributed by atoms with Gasteiger partial charge in [0.25, 0.3) is 0 Å². The third-order valence-corrected chi connectivity index (χ3v) is 4.53. The molecular weight excluding hydrogens is 332 g/mol. The Bertz CT molecular complexity index is 612. The molecule has 26 heavy (non-hydrogen) atoms. The Hall–Kier alpha value is -2.08. The van der Waals surface area contributed by atoms with Gasteiger partial charge in [-0.2, -0.15) is 0 Å². The minimum absolute atomic E-state index is 0.0589. The highest BCUT2D eigenvalue weighted by atomic mass is 16.6. The molecule has 1 aliphatic heterocycles. The van der Waals surface area contributed by atoms with Gasteiger partial charge in [-0.3, -0.25) is 4.79 Å². The highest BCUT2D eigenvalue weighted by Gasteiger charge is 2.38. The molecule has 3 atom stereocenters. The number of ether oxygens (including phenoxy) is 2. The van der Waals surface area contributed by atoms with Gasteiger partial charge in [0.15, 0.2) is 0 Å². The normalized spacial score (nSPS) is 21.8. The molecule has 0 bridgehead atoms. The van der Waals surface area contributed by atoms with Crippen molar-refractivity contribution in [2.24, 2.45) is 5.92 Å². The quantitative estimate of drug-likeness (QED) is 0.834. The lowest BCUT2D eigenvalue weighted by Gasteiger charge is -2.39. The summed E-state index contributed by atoms with van der Waals surface area (Å²) in [5.74, 6) is -0.733. The Balaban J connectivity index is 2.06. The third kappa shape index (κ3) is 5.46. The second kappa shape index (κ2) is 8.54. The van der Waals surface area contributed by atoms with Gasteiger partial charge in [0.05, 0.1) is 13.0 Å². The Morgan fingerprint density at radius 3 is 2.46 bits per heavy atom. The summed E-state index contributed by atoms with van der Waals surface area (Å²) in [6.45, 7) is 8.40. The topological polar surface area (TPSA) is 67.9 Å². The number of rotatable bonds is 4. The smallest absolute Gasteiger partial charge is 0.410 e. The molecule has 0 radical (unpaired) electrons. The van der Waals surface area contributed by atoms with Gasteiger partial charge in [-0.05, 0) is 39.7 Å². The lowest BCUT2D eigenvalue weighted by Crippen LogP contribution is -2.55. The van der Waals surface area contributed by atoms with E-state index in [0.29, 0.717) is 19.5 Å². The average molecular weight is 362 g/mol. The number of benzene rings is 1. The molecule has 0 aromatic heterocycles. The summed E-state index contributed by atoms with van der Waals surface area (Å²) >= 11 is 0. The van der Waals surface area contributed by atoms with Crippen molar-refractivity contribution in [1.29, 1.82) is 0 Å². The first-order chi connectivity index (χ1) is 12.2. The van der Waals surface area contributed by atoms with Crippen LogP contribution in [0.3, 0.4) is 0 Å². The fourth-order valence-corrected chi connectivity index (χ4v) is 3.19. The first-order valence-electron chi connectivity index (χ1n) is 9.08. The molecule has 1 aromatic rings. The summed E-state index contributed by atoms with van der Waals surface area (Å²) < 4.78 is 10.4. The number of amides is 1. The lowest BCUT2D eigenvalue weighted by molar-refractivity contribution is -0.148. The number of methoxy groups -OCH3 is 1. The number of nitrogens with zero attached hydrogens (tertiary/aromatic N) is 1. The van der Waals surface area contributed by atoms with E-state index in [1.807, 2.05) is 39.0 Å². The predicted molar refractivity (Wildman–Crippen MR) is 99.7 cm³/mol. The van der Waals surface area contributed by atoms with E-state index in [4.69, 9.17) is 9.47 Å². The van der Waals surface area contributed by atoms with E-state index in [2.05, 4.69) is 24.4 Å². The zero-order valence-electron chi connectivity index (χ0n) is 16.3. The van der Waals surface area contributed by atoms with E-state index < -0.39 is 11.5 Å². The van der Waals surface area contributed by atoms with Crippen molar-refractivity contribution >= 4 is 12.1 Å². The molecule has 0 spiro atoms. The summed E-state index contributed by atoms with van der Waals surface area (Å²) in [5.41, 5.74) is 0.597. The maximum absolute atomic E-state index is 12.4. The van der Waals surface area contributed by atoms with Gasteiger partial charge in [0.2, 0.25) is 0 Å². The van der Waals surface area contributed by atoms with Crippen molar-refractivity contribution in [2.45, 2.75) is 51.8 Å². The number of esters is 1. The van der Waals surface area contributed by atoms with Gasteiger partial charge in [0, 0.05) is 25.2 Å². The average Bonchev–Trinajstić information content (AvgIpc) is 2.60. The largest absolute Gasteiger partial charge is 0.469 e. The van der Waals surface area contributed by atoms with Crippen LogP contribution in [0.5, 0.6) is 0 Å². The van der Waals surface area contributed by atoms with Crippen LogP contribution < -0.4 is 5.32 Å². The second-order valence-electron chi connectivity index (χ2n) is 7.75. The number of carbonyl (C=O) groups excluding carboxylic acids is 2. The van der Waals surface area contributed by atoms with Crippen LogP contribution in [-0.2, 0) is 14.3 Å². The van der Waals surface area contributed by atoms with E-state index in [-0.39, 0.29) is 24.1 Å². The summed E-state index contributed by atoms with van der Waals surface area (Å²) in [4.78, 5) is 26.3. The third-order valence-electron chi connectivity index (χ3n) is 4.53. The number of hydrogen-bond donors (Lipinski definition) is 1. The molecule has 0 unspecified atom stereocenters. The molecule has 0 aliphatic carbocycles. The second-order valence-corrected chi connectivity index (χ2v) is 7.75. The van der Waals surface area contributed by atoms with E-state index in [0.717, 1.165) is 5.56 Å². The number of carbonyl (C=O) groups is 2. The minimum Gasteiger partial charge on any atom is -0.469 e. The molecule has 1 aliphatic rings. The molecule has 1 aromatic carbocycles. The Morgan fingerprint density at radius 1 is 1.23 bits per heavy atom. The van der Waals surface area contributed by atoms with Gasteiger partial charge in [-0.25, -0.2) is 4.79 Å². The molecule has 6 heteroatoms. The molecule has 1 fully saturated rings. The van der Waals surface area contributed by atoms with Crippen LogP contribution in [0.1, 0.15) is 45.7 Å². The van der Waals surface area contributed by atoms with E-state index in [1.54, 1.807) is 4.90 Å². The van der Waals surface area contributed by atoms with E-state index in [9.17, 15) is 9.59 Å². The lowest BCUT2D eigenvalue weighted by atomic mass is 9.91. The van der Waals surface area contributed by atoms with Gasteiger partial charge >= 0.3 is 12.1 Å². The monoisotopic (exact) mass is 362 g/mol. The first-order valence-corrected chi connectivity index (χ1v) is 9.08. The maximum atomic E-state index is 12.4. The van der Waals surface area contributed by atoms with Crippen LogP contribution in [-0.4, -0.2) is 48.8 Å². The zero-order chi connectivity index (χ0) is 19.3. The molecular formula is C20H30N2O4.